The van der Waals surface area contributed by atoms with Crippen LogP contribution in [0.5, 0.6) is 0 Å². The molecular formula is C13H21N3S. The summed E-state index contributed by atoms with van der Waals surface area (Å²) < 4.78 is 0. The van der Waals surface area contributed by atoms with E-state index in [0.717, 1.165) is 22.6 Å². The van der Waals surface area contributed by atoms with E-state index in [0.29, 0.717) is 6.04 Å². The number of thioether (sulfide) groups is 1. The SMILES string of the molecule is CSCC(C)N(C)c1c(C)cccc1C(=N)N. The Labute approximate surface area is 108 Å². The van der Waals surface area contributed by atoms with Crippen LogP contribution in [0.15, 0.2) is 18.2 Å². The number of nitrogens with zero attached hydrogens (tertiary/aromatic N) is 1. The van der Waals surface area contributed by atoms with Gasteiger partial charge in [-0.2, -0.15) is 11.8 Å². The molecule has 0 spiro atoms. The summed E-state index contributed by atoms with van der Waals surface area (Å²) in [6.45, 7) is 4.25. The fourth-order valence-corrected chi connectivity index (χ4v) is 2.62. The van der Waals surface area contributed by atoms with Gasteiger partial charge in [-0.3, -0.25) is 5.41 Å². The summed E-state index contributed by atoms with van der Waals surface area (Å²) in [7, 11) is 2.07. The van der Waals surface area contributed by atoms with Crippen LogP contribution in [0.2, 0.25) is 0 Å². The van der Waals surface area contributed by atoms with Crippen molar-refractivity contribution >= 4 is 23.3 Å². The van der Waals surface area contributed by atoms with Gasteiger partial charge in [0.15, 0.2) is 0 Å². The number of benzene rings is 1. The van der Waals surface area contributed by atoms with Crippen molar-refractivity contribution < 1.29 is 0 Å². The number of hydrogen-bond acceptors (Lipinski definition) is 3. The lowest BCUT2D eigenvalue weighted by atomic mass is 10.1. The van der Waals surface area contributed by atoms with Crippen LogP contribution in [0.4, 0.5) is 5.69 Å². The van der Waals surface area contributed by atoms with Gasteiger partial charge in [-0.15, -0.1) is 0 Å². The minimum Gasteiger partial charge on any atom is -0.384 e. The summed E-state index contributed by atoms with van der Waals surface area (Å²) in [6, 6.07) is 6.34. The summed E-state index contributed by atoms with van der Waals surface area (Å²) in [5.41, 5.74) is 8.70. The standard InChI is InChI=1S/C13H21N3S/c1-9-6-5-7-11(13(14)15)12(9)16(3)10(2)8-17-4/h5-7,10H,8H2,1-4H3,(H3,14,15). The van der Waals surface area contributed by atoms with Gasteiger partial charge < -0.3 is 10.6 Å². The van der Waals surface area contributed by atoms with E-state index in [2.05, 4.69) is 38.1 Å². The molecule has 0 saturated heterocycles. The first kappa shape index (κ1) is 13.9. The van der Waals surface area contributed by atoms with Gasteiger partial charge in [0.2, 0.25) is 0 Å². The van der Waals surface area contributed by atoms with Crippen molar-refractivity contribution in [3.05, 3.63) is 29.3 Å². The molecule has 94 valence electrons. The predicted octanol–water partition coefficient (Wildman–Crippen LogP) is 2.47. The van der Waals surface area contributed by atoms with E-state index in [1.54, 1.807) is 0 Å². The van der Waals surface area contributed by atoms with Crippen LogP contribution in [0, 0.1) is 12.3 Å². The molecule has 4 heteroatoms. The van der Waals surface area contributed by atoms with Crippen molar-refractivity contribution in [3.63, 3.8) is 0 Å². The van der Waals surface area contributed by atoms with Crippen LogP contribution < -0.4 is 10.6 Å². The third-order valence-corrected chi connectivity index (χ3v) is 3.77. The van der Waals surface area contributed by atoms with Crippen molar-refractivity contribution in [2.75, 3.05) is 24.0 Å². The lowest BCUT2D eigenvalue weighted by molar-refractivity contribution is 0.762. The zero-order chi connectivity index (χ0) is 13.0. The van der Waals surface area contributed by atoms with Crippen molar-refractivity contribution in [1.82, 2.24) is 0 Å². The maximum absolute atomic E-state index is 7.66. The van der Waals surface area contributed by atoms with Crippen LogP contribution in [-0.2, 0) is 0 Å². The monoisotopic (exact) mass is 251 g/mol. The topological polar surface area (TPSA) is 53.1 Å². The first-order valence-corrected chi connectivity index (χ1v) is 7.04. The van der Waals surface area contributed by atoms with Gasteiger partial charge in [0.25, 0.3) is 0 Å². The molecule has 0 aliphatic carbocycles. The third kappa shape index (κ3) is 3.16. The maximum Gasteiger partial charge on any atom is 0.124 e. The molecule has 17 heavy (non-hydrogen) atoms. The Balaban J connectivity index is 3.15. The first-order chi connectivity index (χ1) is 7.99. The Morgan fingerprint density at radius 3 is 2.71 bits per heavy atom. The highest BCUT2D eigenvalue weighted by molar-refractivity contribution is 7.98. The molecule has 0 bridgehead atoms. The molecule has 1 aromatic carbocycles. The molecule has 0 amide bonds. The third-order valence-electron chi connectivity index (χ3n) is 2.95. The molecule has 1 rings (SSSR count). The highest BCUT2D eigenvalue weighted by atomic mass is 32.2. The minimum absolute atomic E-state index is 0.131. The van der Waals surface area contributed by atoms with Gasteiger partial charge in [0.05, 0.1) is 5.69 Å². The van der Waals surface area contributed by atoms with Crippen LogP contribution in [0.25, 0.3) is 0 Å². The van der Waals surface area contributed by atoms with Crippen molar-refractivity contribution in [1.29, 1.82) is 5.41 Å². The van der Waals surface area contributed by atoms with Crippen LogP contribution in [-0.4, -0.2) is 30.9 Å². The number of para-hydroxylation sites is 1. The lowest BCUT2D eigenvalue weighted by Gasteiger charge is -2.30. The molecule has 0 heterocycles. The van der Waals surface area contributed by atoms with E-state index in [4.69, 9.17) is 11.1 Å². The minimum atomic E-state index is 0.131. The second kappa shape index (κ2) is 5.96. The number of hydrogen-bond donors (Lipinski definition) is 2. The molecule has 3 N–H and O–H groups in total. The maximum atomic E-state index is 7.66. The molecule has 0 saturated carbocycles. The van der Waals surface area contributed by atoms with Gasteiger partial charge in [-0.25, -0.2) is 0 Å². The van der Waals surface area contributed by atoms with E-state index in [9.17, 15) is 0 Å². The van der Waals surface area contributed by atoms with E-state index in [1.165, 1.54) is 0 Å². The Bertz CT molecular complexity index is 404. The van der Waals surface area contributed by atoms with Crippen LogP contribution in [0.1, 0.15) is 18.1 Å². The molecule has 0 fully saturated rings. The number of nitrogens with one attached hydrogen (secondary N) is 1. The van der Waals surface area contributed by atoms with E-state index in [1.807, 2.05) is 23.9 Å². The summed E-state index contributed by atoms with van der Waals surface area (Å²) in [6.07, 6.45) is 2.11. The number of anilines is 1. The lowest BCUT2D eigenvalue weighted by Crippen LogP contribution is -2.33. The molecule has 0 aliphatic rings. The number of amidine groups is 1. The van der Waals surface area contributed by atoms with Gasteiger partial charge in [0, 0.05) is 24.4 Å². The molecule has 1 atom stereocenters. The summed E-state index contributed by atoms with van der Waals surface area (Å²) in [5.74, 6) is 1.19. The number of nitrogens with two attached hydrogens (primary N) is 1. The molecule has 0 radical (unpaired) electrons. The van der Waals surface area contributed by atoms with E-state index >= 15 is 0 Å². The zero-order valence-corrected chi connectivity index (χ0v) is 11.8. The van der Waals surface area contributed by atoms with E-state index < -0.39 is 0 Å². The highest BCUT2D eigenvalue weighted by Crippen LogP contribution is 2.26. The fourth-order valence-electron chi connectivity index (χ4n) is 1.92. The normalized spacial score (nSPS) is 12.2. The average molecular weight is 251 g/mol. The summed E-state index contributed by atoms with van der Waals surface area (Å²) in [4.78, 5) is 2.21. The summed E-state index contributed by atoms with van der Waals surface area (Å²) >= 11 is 1.83. The molecule has 3 nitrogen and oxygen atoms in total. The first-order valence-electron chi connectivity index (χ1n) is 5.64. The summed E-state index contributed by atoms with van der Waals surface area (Å²) in [5, 5.41) is 7.66. The molecule has 1 unspecified atom stereocenters. The van der Waals surface area contributed by atoms with Gasteiger partial charge in [-0.05, 0) is 31.7 Å². The number of rotatable bonds is 5. The Morgan fingerprint density at radius 1 is 1.53 bits per heavy atom. The van der Waals surface area contributed by atoms with Crippen molar-refractivity contribution in [2.24, 2.45) is 5.73 Å². The average Bonchev–Trinajstić information content (AvgIpc) is 2.28. The van der Waals surface area contributed by atoms with E-state index in [-0.39, 0.29) is 5.84 Å². The highest BCUT2D eigenvalue weighted by Gasteiger charge is 2.16. The van der Waals surface area contributed by atoms with Gasteiger partial charge >= 0.3 is 0 Å². The molecule has 0 aliphatic heterocycles. The van der Waals surface area contributed by atoms with Crippen LogP contribution >= 0.6 is 11.8 Å². The Kier molecular flexibility index (Phi) is 4.87. The van der Waals surface area contributed by atoms with Crippen molar-refractivity contribution in [2.45, 2.75) is 19.9 Å². The second-order valence-electron chi connectivity index (χ2n) is 4.30. The second-order valence-corrected chi connectivity index (χ2v) is 5.21. The predicted molar refractivity (Wildman–Crippen MR) is 78.4 cm³/mol. The Morgan fingerprint density at radius 2 is 2.18 bits per heavy atom. The number of aryl methyl sites for hydroxylation is 1. The molecule has 0 aromatic heterocycles. The zero-order valence-electron chi connectivity index (χ0n) is 10.9. The number of nitrogen functional groups attached to an aromatic ring is 1. The van der Waals surface area contributed by atoms with Gasteiger partial charge in [-0.1, -0.05) is 12.1 Å². The molecule has 1 aromatic rings. The smallest absolute Gasteiger partial charge is 0.124 e. The van der Waals surface area contributed by atoms with Crippen molar-refractivity contribution in [3.8, 4) is 0 Å². The van der Waals surface area contributed by atoms with Crippen LogP contribution in [0.3, 0.4) is 0 Å². The quantitative estimate of drug-likeness (QED) is 0.624. The fraction of sp³-hybridized carbons (Fsp3) is 0.462. The largest absolute Gasteiger partial charge is 0.384 e. The molecular weight excluding hydrogens is 230 g/mol. The Hall–Kier alpha value is -1.16. The van der Waals surface area contributed by atoms with Gasteiger partial charge in [0.1, 0.15) is 5.84 Å².